The number of hydrogen-bond acceptors (Lipinski definition) is 2. The Balaban J connectivity index is 3.28. The zero-order chi connectivity index (χ0) is 10.0. The summed E-state index contributed by atoms with van der Waals surface area (Å²) in [6.07, 6.45) is 0. The molecule has 0 saturated heterocycles. The van der Waals surface area contributed by atoms with Gasteiger partial charge in [-0.2, -0.15) is 0 Å². The molecular weight excluding hydrogens is 164 g/mol. The highest BCUT2D eigenvalue weighted by Gasteiger charge is 2.06. The first-order valence-electron chi connectivity index (χ1n) is 4.46. The standard InChI is InChI=1S/C10H16N2O/c1-7-4-10(13)5-8(2)12(7)9(3)6-11/h4-5,9H,6,11H2,1-3H3. The maximum Gasteiger partial charge on any atom is 0.182 e. The number of rotatable bonds is 2. The molecule has 0 amide bonds. The van der Waals surface area contributed by atoms with Crippen molar-refractivity contribution in [3.8, 4) is 0 Å². The van der Waals surface area contributed by atoms with Crippen molar-refractivity contribution in [2.75, 3.05) is 6.54 Å². The van der Waals surface area contributed by atoms with Crippen molar-refractivity contribution in [2.45, 2.75) is 26.8 Å². The molecule has 0 bridgehead atoms. The van der Waals surface area contributed by atoms with E-state index in [1.807, 2.05) is 20.8 Å². The third kappa shape index (κ3) is 1.98. The topological polar surface area (TPSA) is 48.0 Å². The van der Waals surface area contributed by atoms with Crippen molar-refractivity contribution in [1.82, 2.24) is 4.57 Å². The van der Waals surface area contributed by atoms with Gasteiger partial charge in [-0.05, 0) is 20.8 Å². The molecule has 2 N–H and O–H groups in total. The molecule has 13 heavy (non-hydrogen) atoms. The minimum absolute atomic E-state index is 0.0653. The largest absolute Gasteiger partial charge is 0.345 e. The highest BCUT2D eigenvalue weighted by molar-refractivity contribution is 5.13. The lowest BCUT2D eigenvalue weighted by molar-refractivity contribution is 0.528. The summed E-state index contributed by atoms with van der Waals surface area (Å²) in [5.74, 6) is 0. The molecule has 1 heterocycles. The molecule has 3 nitrogen and oxygen atoms in total. The second-order valence-corrected chi connectivity index (χ2v) is 3.43. The first kappa shape index (κ1) is 9.99. The van der Waals surface area contributed by atoms with Crippen LogP contribution in [0.2, 0.25) is 0 Å². The van der Waals surface area contributed by atoms with E-state index in [0.29, 0.717) is 6.54 Å². The number of aryl methyl sites for hydroxylation is 2. The maximum absolute atomic E-state index is 11.1. The van der Waals surface area contributed by atoms with E-state index in [9.17, 15) is 4.79 Å². The van der Waals surface area contributed by atoms with E-state index in [-0.39, 0.29) is 11.5 Å². The van der Waals surface area contributed by atoms with Crippen molar-refractivity contribution in [1.29, 1.82) is 0 Å². The molecule has 0 fully saturated rings. The molecular formula is C10H16N2O. The summed E-state index contributed by atoms with van der Waals surface area (Å²) in [5, 5.41) is 0. The lowest BCUT2D eigenvalue weighted by Crippen LogP contribution is -2.22. The van der Waals surface area contributed by atoms with Crippen LogP contribution in [-0.4, -0.2) is 11.1 Å². The molecule has 0 aliphatic rings. The summed E-state index contributed by atoms with van der Waals surface area (Å²) >= 11 is 0. The SMILES string of the molecule is Cc1cc(=O)cc(C)n1C(C)CN. The highest BCUT2D eigenvalue weighted by atomic mass is 16.1. The Morgan fingerprint density at radius 1 is 1.38 bits per heavy atom. The fourth-order valence-corrected chi connectivity index (χ4v) is 1.67. The minimum Gasteiger partial charge on any atom is -0.345 e. The third-order valence-corrected chi connectivity index (χ3v) is 2.24. The van der Waals surface area contributed by atoms with Gasteiger partial charge in [0.2, 0.25) is 0 Å². The average Bonchev–Trinajstić information content (AvgIpc) is 2.02. The fourth-order valence-electron chi connectivity index (χ4n) is 1.67. The number of nitrogens with two attached hydrogens (primary N) is 1. The van der Waals surface area contributed by atoms with Crippen LogP contribution in [-0.2, 0) is 0 Å². The molecule has 1 rings (SSSR count). The molecule has 1 atom stereocenters. The number of nitrogens with zero attached hydrogens (tertiary/aromatic N) is 1. The predicted octanol–water partition coefficient (Wildman–Crippen LogP) is 0.985. The molecule has 1 unspecified atom stereocenters. The Morgan fingerprint density at radius 3 is 2.23 bits per heavy atom. The molecule has 0 aromatic carbocycles. The van der Waals surface area contributed by atoms with E-state index in [4.69, 9.17) is 5.73 Å². The highest BCUT2D eigenvalue weighted by Crippen LogP contribution is 2.09. The van der Waals surface area contributed by atoms with Gasteiger partial charge in [-0.15, -0.1) is 0 Å². The van der Waals surface area contributed by atoms with E-state index in [1.54, 1.807) is 12.1 Å². The van der Waals surface area contributed by atoms with Gasteiger partial charge in [-0.3, -0.25) is 4.79 Å². The van der Waals surface area contributed by atoms with Crippen LogP contribution in [0.5, 0.6) is 0 Å². The van der Waals surface area contributed by atoms with Crippen molar-refractivity contribution in [3.05, 3.63) is 33.7 Å². The van der Waals surface area contributed by atoms with Crippen molar-refractivity contribution >= 4 is 0 Å². The number of hydrogen-bond donors (Lipinski definition) is 1. The van der Waals surface area contributed by atoms with Crippen LogP contribution >= 0.6 is 0 Å². The van der Waals surface area contributed by atoms with Gasteiger partial charge < -0.3 is 10.3 Å². The number of pyridine rings is 1. The summed E-state index contributed by atoms with van der Waals surface area (Å²) in [5.41, 5.74) is 7.60. The lowest BCUT2D eigenvalue weighted by Gasteiger charge is -2.19. The van der Waals surface area contributed by atoms with E-state index in [0.717, 1.165) is 11.4 Å². The molecule has 72 valence electrons. The minimum atomic E-state index is 0.0653. The Hall–Kier alpha value is -1.09. The number of aromatic nitrogens is 1. The molecule has 0 radical (unpaired) electrons. The van der Waals surface area contributed by atoms with Crippen molar-refractivity contribution in [3.63, 3.8) is 0 Å². The van der Waals surface area contributed by atoms with E-state index < -0.39 is 0 Å². The van der Waals surface area contributed by atoms with Crippen LogP contribution in [0.4, 0.5) is 0 Å². The van der Waals surface area contributed by atoms with Gasteiger partial charge in [0.05, 0.1) is 0 Å². The van der Waals surface area contributed by atoms with Crippen LogP contribution in [0.3, 0.4) is 0 Å². The predicted molar refractivity (Wildman–Crippen MR) is 53.9 cm³/mol. The summed E-state index contributed by atoms with van der Waals surface area (Å²) in [6.45, 7) is 6.50. The molecule has 0 saturated carbocycles. The van der Waals surface area contributed by atoms with Crippen LogP contribution < -0.4 is 11.2 Å². The first-order chi connectivity index (χ1) is 6.06. The van der Waals surface area contributed by atoms with Crippen molar-refractivity contribution in [2.24, 2.45) is 5.73 Å². The van der Waals surface area contributed by atoms with E-state index >= 15 is 0 Å². The van der Waals surface area contributed by atoms with Gasteiger partial charge in [-0.1, -0.05) is 0 Å². The van der Waals surface area contributed by atoms with Gasteiger partial charge in [-0.25, -0.2) is 0 Å². The van der Waals surface area contributed by atoms with E-state index in [1.165, 1.54) is 0 Å². The second kappa shape index (κ2) is 3.75. The zero-order valence-electron chi connectivity index (χ0n) is 8.37. The Kier molecular flexibility index (Phi) is 2.88. The van der Waals surface area contributed by atoms with Gasteiger partial charge in [0.25, 0.3) is 0 Å². The summed E-state index contributed by atoms with van der Waals surface area (Å²) in [7, 11) is 0. The second-order valence-electron chi connectivity index (χ2n) is 3.43. The summed E-state index contributed by atoms with van der Waals surface area (Å²) in [6, 6.07) is 3.53. The molecule has 3 heteroatoms. The van der Waals surface area contributed by atoms with Gasteiger partial charge >= 0.3 is 0 Å². The van der Waals surface area contributed by atoms with Crippen LogP contribution in [0.25, 0.3) is 0 Å². The Bertz CT molecular complexity index is 328. The van der Waals surface area contributed by atoms with Gasteiger partial charge in [0, 0.05) is 36.1 Å². The third-order valence-electron chi connectivity index (χ3n) is 2.24. The quantitative estimate of drug-likeness (QED) is 0.737. The molecule has 0 spiro atoms. The Labute approximate surface area is 78.2 Å². The average molecular weight is 180 g/mol. The van der Waals surface area contributed by atoms with Crippen molar-refractivity contribution < 1.29 is 0 Å². The monoisotopic (exact) mass is 180 g/mol. The van der Waals surface area contributed by atoms with Crippen LogP contribution in [0, 0.1) is 13.8 Å². The van der Waals surface area contributed by atoms with Crippen LogP contribution in [0.15, 0.2) is 16.9 Å². The fraction of sp³-hybridized carbons (Fsp3) is 0.500. The molecule has 1 aromatic heterocycles. The molecule has 0 aliphatic carbocycles. The first-order valence-corrected chi connectivity index (χ1v) is 4.46. The lowest BCUT2D eigenvalue weighted by atomic mass is 10.2. The van der Waals surface area contributed by atoms with Gasteiger partial charge in [0.1, 0.15) is 0 Å². The molecule has 0 aliphatic heterocycles. The summed E-state index contributed by atoms with van der Waals surface area (Å²) in [4.78, 5) is 11.1. The molecule has 1 aromatic rings. The maximum atomic E-state index is 11.1. The smallest absolute Gasteiger partial charge is 0.182 e. The van der Waals surface area contributed by atoms with Gasteiger partial charge in [0.15, 0.2) is 5.43 Å². The Morgan fingerprint density at radius 2 is 1.85 bits per heavy atom. The summed E-state index contributed by atoms with van der Waals surface area (Å²) < 4.78 is 2.08. The normalized spacial score (nSPS) is 12.9. The van der Waals surface area contributed by atoms with E-state index in [2.05, 4.69) is 4.57 Å². The van der Waals surface area contributed by atoms with Crippen LogP contribution in [0.1, 0.15) is 24.4 Å². The zero-order valence-corrected chi connectivity index (χ0v) is 8.37.